The first kappa shape index (κ1) is 100. The number of hydrogen-bond donors (Lipinski definition) is 3. The Morgan fingerprint density at radius 3 is 0.667 bits per heavy atom. The fraction of sp³-hybridized carbons (Fsp3) is 0.952. The molecule has 0 spiro atoms. The van der Waals surface area contributed by atoms with Gasteiger partial charge in [-0.15, -0.1) is 0 Å². The highest BCUT2D eigenvalue weighted by Gasteiger charge is 2.30. The molecule has 0 saturated heterocycles. The quantitative estimate of drug-likeness (QED) is 0.0222. The SMILES string of the molecule is CCCCCCCCCCCCCCCCCCCCCC(=O)OC[C@H](COP(=O)(O)OC[C@@H](O)COP(=O)(O)OC[C@@H](COC(=O)CCCCCCCCCCC)OC(=O)CCCCCCCCCCCCC(C)C)OC(=O)CCCCCCCCCCCCCCCCCCCCC(C)C. The van der Waals surface area contributed by atoms with Gasteiger partial charge in [0.15, 0.2) is 12.2 Å². The minimum Gasteiger partial charge on any atom is -0.462 e. The van der Waals surface area contributed by atoms with Crippen molar-refractivity contribution in [2.24, 2.45) is 11.8 Å². The molecule has 0 aliphatic carbocycles. The van der Waals surface area contributed by atoms with Gasteiger partial charge in [-0.2, -0.15) is 0 Å². The van der Waals surface area contributed by atoms with E-state index in [-0.39, 0.29) is 25.7 Å². The zero-order valence-corrected chi connectivity index (χ0v) is 68.7. The number of esters is 4. The number of unbranched alkanes of at least 4 members (excludes halogenated alkanes) is 52. The molecule has 19 heteroatoms. The second-order valence-electron chi connectivity index (χ2n) is 30.8. The molecule has 606 valence electrons. The minimum atomic E-state index is -4.96. The van der Waals surface area contributed by atoms with E-state index in [1.807, 2.05) is 0 Å². The smallest absolute Gasteiger partial charge is 0.462 e. The van der Waals surface area contributed by atoms with Gasteiger partial charge in [0.05, 0.1) is 26.4 Å². The lowest BCUT2D eigenvalue weighted by Gasteiger charge is -2.21. The van der Waals surface area contributed by atoms with Crippen molar-refractivity contribution in [3.63, 3.8) is 0 Å². The molecule has 3 N–H and O–H groups in total. The summed E-state index contributed by atoms with van der Waals surface area (Å²) in [6, 6.07) is 0. The molecular formula is C83H162O17P2. The summed E-state index contributed by atoms with van der Waals surface area (Å²) in [5.41, 5.74) is 0. The Morgan fingerprint density at radius 2 is 0.451 bits per heavy atom. The summed E-state index contributed by atoms with van der Waals surface area (Å²) in [5.74, 6) is -0.535. The topological polar surface area (TPSA) is 237 Å². The second kappa shape index (κ2) is 74.5. The summed E-state index contributed by atoms with van der Waals surface area (Å²) in [6.07, 6.45) is 65.4. The van der Waals surface area contributed by atoms with Crippen LogP contribution in [0.1, 0.15) is 440 Å². The summed E-state index contributed by atoms with van der Waals surface area (Å²) in [4.78, 5) is 73.0. The molecular weight excluding hydrogens is 1330 g/mol. The molecule has 0 aromatic carbocycles. The van der Waals surface area contributed by atoms with E-state index in [9.17, 15) is 43.2 Å². The van der Waals surface area contributed by atoms with Gasteiger partial charge in [0.2, 0.25) is 0 Å². The lowest BCUT2D eigenvalue weighted by Crippen LogP contribution is -2.30. The maximum Gasteiger partial charge on any atom is 0.472 e. The highest BCUT2D eigenvalue weighted by Crippen LogP contribution is 2.45. The molecule has 102 heavy (non-hydrogen) atoms. The third kappa shape index (κ3) is 76.3. The number of phosphoric ester groups is 2. The van der Waals surface area contributed by atoms with Gasteiger partial charge in [0.1, 0.15) is 19.3 Å². The first-order valence-electron chi connectivity index (χ1n) is 43.0. The average molecular weight is 1490 g/mol. The molecule has 0 heterocycles. The Morgan fingerprint density at radius 1 is 0.265 bits per heavy atom. The lowest BCUT2D eigenvalue weighted by molar-refractivity contribution is -0.161. The van der Waals surface area contributed by atoms with Gasteiger partial charge in [-0.3, -0.25) is 37.3 Å². The molecule has 2 unspecified atom stereocenters. The molecule has 17 nitrogen and oxygen atoms in total. The Kier molecular flexibility index (Phi) is 73.1. The predicted octanol–water partition coefficient (Wildman–Crippen LogP) is 25.1. The largest absolute Gasteiger partial charge is 0.472 e. The van der Waals surface area contributed by atoms with Crippen LogP contribution in [0.3, 0.4) is 0 Å². The van der Waals surface area contributed by atoms with Gasteiger partial charge in [-0.1, -0.05) is 388 Å². The van der Waals surface area contributed by atoms with E-state index in [0.29, 0.717) is 25.7 Å². The number of carbonyl (C=O) groups is 4. The fourth-order valence-corrected chi connectivity index (χ4v) is 14.5. The van der Waals surface area contributed by atoms with E-state index in [1.165, 1.54) is 257 Å². The van der Waals surface area contributed by atoms with Crippen molar-refractivity contribution < 1.29 is 80.2 Å². The maximum absolute atomic E-state index is 13.1. The van der Waals surface area contributed by atoms with Crippen LogP contribution in [0.4, 0.5) is 0 Å². The van der Waals surface area contributed by atoms with Crippen molar-refractivity contribution in [1.82, 2.24) is 0 Å². The number of phosphoric acid groups is 2. The minimum absolute atomic E-state index is 0.106. The molecule has 0 aromatic heterocycles. The van der Waals surface area contributed by atoms with Crippen LogP contribution in [0.15, 0.2) is 0 Å². The van der Waals surface area contributed by atoms with Crippen molar-refractivity contribution in [2.45, 2.75) is 458 Å². The molecule has 0 aromatic rings. The Hall–Kier alpha value is -1.94. The van der Waals surface area contributed by atoms with Gasteiger partial charge in [-0.25, -0.2) is 9.13 Å². The third-order valence-electron chi connectivity index (χ3n) is 19.5. The standard InChI is InChI=1S/C83H162O17P2/c1-7-9-11-13-15-17-18-19-20-21-22-26-29-32-35-42-48-54-60-66-81(86)94-72-79(99-82(87)67-61-55-49-43-36-33-30-27-24-23-25-28-31-34-40-45-51-57-63-75(3)4)74-98-102(91,92)96-70-77(84)69-95-101(89,90)97-73-78(71-93-80(85)65-59-53-47-39-16-14-12-10-8-2)100-83(88)68-62-56-50-44-38-37-41-46-52-58-64-76(5)6/h75-79,84H,7-74H2,1-6H3,(H,89,90)(H,91,92)/t77-,78+,79+/m0/s1. The van der Waals surface area contributed by atoms with Gasteiger partial charge >= 0.3 is 39.5 Å². The highest BCUT2D eigenvalue weighted by atomic mass is 31.2. The normalized spacial score (nSPS) is 13.9. The van der Waals surface area contributed by atoms with Crippen LogP contribution in [0, 0.1) is 11.8 Å². The van der Waals surface area contributed by atoms with Crippen LogP contribution in [0.25, 0.3) is 0 Å². The van der Waals surface area contributed by atoms with Crippen molar-refractivity contribution in [2.75, 3.05) is 39.6 Å². The molecule has 5 atom stereocenters. The Labute approximate surface area is 626 Å². The molecule has 0 fully saturated rings. The average Bonchev–Trinajstić information content (AvgIpc) is 0.909. The summed E-state index contributed by atoms with van der Waals surface area (Å²) in [7, 11) is -9.92. The zero-order valence-electron chi connectivity index (χ0n) is 66.9. The number of rotatable bonds is 82. The summed E-state index contributed by atoms with van der Waals surface area (Å²) in [5, 5.41) is 10.6. The number of hydrogen-bond acceptors (Lipinski definition) is 15. The lowest BCUT2D eigenvalue weighted by atomic mass is 10.0. The van der Waals surface area contributed by atoms with Crippen LogP contribution in [-0.4, -0.2) is 96.7 Å². The second-order valence-corrected chi connectivity index (χ2v) is 33.7. The summed E-state index contributed by atoms with van der Waals surface area (Å²) in [6.45, 7) is 9.65. The summed E-state index contributed by atoms with van der Waals surface area (Å²) >= 11 is 0. The Balaban J connectivity index is 5.20. The van der Waals surface area contributed by atoms with Crippen molar-refractivity contribution in [1.29, 1.82) is 0 Å². The first-order valence-corrected chi connectivity index (χ1v) is 46.0. The van der Waals surface area contributed by atoms with E-state index >= 15 is 0 Å². The number of carbonyl (C=O) groups excluding carboxylic acids is 4. The van der Waals surface area contributed by atoms with E-state index in [4.69, 9.17) is 37.0 Å². The van der Waals surface area contributed by atoms with Crippen molar-refractivity contribution >= 4 is 39.5 Å². The van der Waals surface area contributed by atoms with Gasteiger partial charge < -0.3 is 33.8 Å². The first-order chi connectivity index (χ1) is 49.4. The number of aliphatic hydroxyl groups excluding tert-OH is 1. The van der Waals surface area contributed by atoms with Gasteiger partial charge in [0.25, 0.3) is 0 Å². The maximum atomic E-state index is 13.1. The highest BCUT2D eigenvalue weighted by molar-refractivity contribution is 7.47. The summed E-state index contributed by atoms with van der Waals surface area (Å²) < 4.78 is 68.7. The molecule has 0 bridgehead atoms. The van der Waals surface area contributed by atoms with E-state index in [1.54, 1.807) is 0 Å². The number of aliphatic hydroxyl groups is 1. The van der Waals surface area contributed by atoms with Gasteiger partial charge in [-0.05, 0) is 37.5 Å². The fourth-order valence-electron chi connectivity index (χ4n) is 12.9. The molecule has 0 aliphatic heterocycles. The van der Waals surface area contributed by atoms with Gasteiger partial charge in [0, 0.05) is 25.7 Å². The van der Waals surface area contributed by atoms with E-state index in [2.05, 4.69) is 41.5 Å². The van der Waals surface area contributed by atoms with Crippen LogP contribution in [-0.2, 0) is 65.4 Å². The van der Waals surface area contributed by atoms with Crippen molar-refractivity contribution in [3.8, 4) is 0 Å². The van der Waals surface area contributed by atoms with Crippen LogP contribution in [0.5, 0.6) is 0 Å². The molecule has 0 saturated carbocycles. The molecule has 0 rings (SSSR count). The monoisotopic (exact) mass is 1490 g/mol. The molecule has 0 amide bonds. The van der Waals surface area contributed by atoms with Crippen molar-refractivity contribution in [3.05, 3.63) is 0 Å². The van der Waals surface area contributed by atoms with E-state index < -0.39 is 97.5 Å². The molecule has 0 aliphatic rings. The Bertz CT molecular complexity index is 1960. The molecule has 0 radical (unpaired) electrons. The van der Waals surface area contributed by atoms with E-state index in [0.717, 1.165) is 102 Å². The number of ether oxygens (including phenoxy) is 4. The van der Waals surface area contributed by atoms with Crippen LogP contribution >= 0.6 is 15.6 Å². The third-order valence-corrected chi connectivity index (χ3v) is 21.4. The zero-order chi connectivity index (χ0) is 74.9. The van der Waals surface area contributed by atoms with Crippen LogP contribution < -0.4 is 0 Å². The van der Waals surface area contributed by atoms with Crippen LogP contribution in [0.2, 0.25) is 0 Å². The predicted molar refractivity (Wildman–Crippen MR) is 418 cm³/mol.